The van der Waals surface area contributed by atoms with Crippen LogP contribution in [0.3, 0.4) is 0 Å². The number of para-hydroxylation sites is 1. The number of ether oxygens (including phenoxy) is 2. The third kappa shape index (κ3) is 3.18. The van der Waals surface area contributed by atoms with Crippen molar-refractivity contribution >= 4 is 16.8 Å². The zero-order valence-corrected chi connectivity index (χ0v) is 14.8. The van der Waals surface area contributed by atoms with Crippen LogP contribution in [0.5, 0.6) is 0 Å². The number of piperidine rings is 1. The lowest BCUT2D eigenvalue weighted by Crippen LogP contribution is -2.47. The minimum Gasteiger partial charge on any atom is -0.376 e. The van der Waals surface area contributed by atoms with E-state index in [2.05, 4.69) is 36.3 Å². The normalized spacial score (nSPS) is 22.4. The van der Waals surface area contributed by atoms with Gasteiger partial charge in [-0.3, -0.25) is 4.79 Å². The monoisotopic (exact) mass is 342 g/mol. The number of aryl methyl sites for hydroxylation is 1. The van der Waals surface area contributed by atoms with Gasteiger partial charge >= 0.3 is 0 Å². The van der Waals surface area contributed by atoms with Crippen LogP contribution in [0.15, 0.2) is 24.4 Å². The van der Waals surface area contributed by atoms with Crippen molar-refractivity contribution in [2.75, 3.05) is 32.9 Å². The molecule has 0 unspecified atom stereocenters. The minimum atomic E-state index is -0.412. The van der Waals surface area contributed by atoms with Gasteiger partial charge in [0.2, 0.25) is 0 Å². The van der Waals surface area contributed by atoms with Crippen LogP contribution in [-0.4, -0.2) is 54.8 Å². The first kappa shape index (κ1) is 16.6. The van der Waals surface area contributed by atoms with E-state index in [1.54, 1.807) is 0 Å². The van der Waals surface area contributed by atoms with E-state index in [0.29, 0.717) is 25.7 Å². The maximum Gasteiger partial charge on any atom is 0.254 e. The van der Waals surface area contributed by atoms with Crippen molar-refractivity contribution in [2.24, 2.45) is 0 Å². The average Bonchev–Trinajstić information content (AvgIpc) is 3.12. The number of hydrogen-bond acceptors (Lipinski definition) is 3. The number of hydrogen-bond donors (Lipinski definition) is 1. The number of benzene rings is 1. The number of amides is 1. The third-order valence-electron chi connectivity index (χ3n) is 5.55. The molecule has 2 saturated heterocycles. The Morgan fingerprint density at radius 3 is 2.84 bits per heavy atom. The lowest BCUT2D eigenvalue weighted by atomic mass is 9.88. The first-order valence-corrected chi connectivity index (χ1v) is 9.35. The number of nitrogens with zero attached hydrogens (tertiary/aromatic N) is 1. The molecule has 2 aliphatic heterocycles. The van der Waals surface area contributed by atoms with E-state index >= 15 is 0 Å². The number of rotatable bonds is 3. The number of nitrogens with one attached hydrogen (secondary N) is 1. The van der Waals surface area contributed by atoms with Crippen molar-refractivity contribution in [2.45, 2.75) is 38.2 Å². The number of aromatic amines is 1. The van der Waals surface area contributed by atoms with Crippen molar-refractivity contribution in [1.29, 1.82) is 0 Å². The average molecular weight is 342 g/mol. The lowest BCUT2D eigenvalue weighted by molar-refractivity contribution is -0.158. The molecule has 5 nitrogen and oxygen atoms in total. The predicted octanol–water partition coefficient (Wildman–Crippen LogP) is 2.85. The van der Waals surface area contributed by atoms with Crippen LogP contribution >= 0.6 is 0 Å². The van der Waals surface area contributed by atoms with E-state index in [9.17, 15) is 4.79 Å². The molecule has 2 aromatic rings. The summed E-state index contributed by atoms with van der Waals surface area (Å²) in [7, 11) is 0. The molecule has 0 bridgehead atoms. The van der Waals surface area contributed by atoms with Gasteiger partial charge in [-0.2, -0.15) is 0 Å². The molecule has 2 fully saturated rings. The second-order valence-corrected chi connectivity index (χ2v) is 6.97. The summed E-state index contributed by atoms with van der Waals surface area (Å²) < 4.78 is 10.9. The van der Waals surface area contributed by atoms with E-state index in [-0.39, 0.29) is 5.91 Å². The van der Waals surface area contributed by atoms with Gasteiger partial charge in [0.1, 0.15) is 0 Å². The summed E-state index contributed by atoms with van der Waals surface area (Å²) in [5.74, 6) is 0.596. The molecule has 0 saturated carbocycles. The second kappa shape index (κ2) is 7.18. The highest BCUT2D eigenvalue weighted by atomic mass is 16.6. The Bertz CT molecular complexity index is 740. The smallest absolute Gasteiger partial charge is 0.254 e. The number of carbonyl (C=O) groups is 1. The molecule has 1 aromatic carbocycles. The van der Waals surface area contributed by atoms with Crippen molar-refractivity contribution in [1.82, 2.24) is 9.88 Å². The van der Waals surface area contributed by atoms with Crippen LogP contribution in [0.4, 0.5) is 0 Å². The molecular weight excluding hydrogens is 316 g/mol. The Kier molecular flexibility index (Phi) is 4.77. The van der Waals surface area contributed by atoms with Gasteiger partial charge in [0.25, 0.3) is 5.91 Å². The Labute approximate surface area is 148 Å². The SMILES string of the molecule is CCc1cccc2c(C3CCN(C(=O)[C@@H]4COCCO4)CC3)c[nH]c12. The largest absolute Gasteiger partial charge is 0.376 e. The standard InChI is InChI=1S/C20H26N2O3/c1-2-14-4-3-5-16-17(12-21-19(14)16)15-6-8-22(9-7-15)20(23)18-13-24-10-11-25-18/h3-5,12,15,18,21H,2,6-11,13H2,1H3/t18-/m0/s1. The van der Waals surface area contributed by atoms with Gasteiger partial charge in [0, 0.05) is 30.2 Å². The highest BCUT2D eigenvalue weighted by molar-refractivity contribution is 5.86. The Morgan fingerprint density at radius 1 is 1.28 bits per heavy atom. The fourth-order valence-corrected chi connectivity index (χ4v) is 4.12. The van der Waals surface area contributed by atoms with Gasteiger partial charge in [0.15, 0.2) is 6.10 Å². The summed E-state index contributed by atoms with van der Waals surface area (Å²) in [5.41, 5.74) is 4.03. The van der Waals surface area contributed by atoms with Gasteiger partial charge in [-0.1, -0.05) is 25.1 Å². The molecular formula is C20H26N2O3. The zero-order chi connectivity index (χ0) is 17.2. The summed E-state index contributed by atoms with van der Waals surface area (Å²) in [6.07, 6.45) is 4.80. The Hall–Kier alpha value is -1.85. The Morgan fingerprint density at radius 2 is 2.12 bits per heavy atom. The van der Waals surface area contributed by atoms with Gasteiger partial charge in [-0.25, -0.2) is 0 Å². The molecule has 2 aliphatic rings. The van der Waals surface area contributed by atoms with Gasteiger partial charge < -0.3 is 19.4 Å². The first-order chi connectivity index (χ1) is 12.3. The first-order valence-electron chi connectivity index (χ1n) is 9.35. The zero-order valence-electron chi connectivity index (χ0n) is 14.8. The molecule has 0 radical (unpaired) electrons. The fourth-order valence-electron chi connectivity index (χ4n) is 4.12. The maximum absolute atomic E-state index is 12.6. The second-order valence-electron chi connectivity index (χ2n) is 6.97. The van der Waals surface area contributed by atoms with Crippen LogP contribution in [-0.2, 0) is 20.7 Å². The van der Waals surface area contributed by atoms with Crippen molar-refractivity contribution < 1.29 is 14.3 Å². The van der Waals surface area contributed by atoms with E-state index in [1.807, 2.05) is 4.90 Å². The molecule has 4 rings (SSSR count). The summed E-state index contributed by atoms with van der Waals surface area (Å²) >= 11 is 0. The molecule has 0 aliphatic carbocycles. The molecule has 25 heavy (non-hydrogen) atoms. The van der Waals surface area contributed by atoms with Gasteiger partial charge in [0.05, 0.1) is 19.8 Å². The maximum atomic E-state index is 12.6. The summed E-state index contributed by atoms with van der Waals surface area (Å²) in [6.45, 7) is 5.28. The van der Waals surface area contributed by atoms with Gasteiger partial charge in [-0.15, -0.1) is 0 Å². The highest BCUT2D eigenvalue weighted by Crippen LogP contribution is 2.34. The van der Waals surface area contributed by atoms with E-state index < -0.39 is 6.10 Å². The lowest BCUT2D eigenvalue weighted by Gasteiger charge is -2.35. The summed E-state index contributed by atoms with van der Waals surface area (Å²) in [4.78, 5) is 18.0. The molecule has 3 heterocycles. The van der Waals surface area contributed by atoms with Crippen LogP contribution < -0.4 is 0 Å². The van der Waals surface area contributed by atoms with Crippen LogP contribution in [0.25, 0.3) is 10.9 Å². The van der Waals surface area contributed by atoms with Crippen LogP contribution in [0, 0.1) is 0 Å². The minimum absolute atomic E-state index is 0.0883. The molecule has 134 valence electrons. The third-order valence-corrected chi connectivity index (χ3v) is 5.55. The number of aromatic nitrogens is 1. The topological polar surface area (TPSA) is 54.6 Å². The highest BCUT2D eigenvalue weighted by Gasteiger charge is 2.31. The molecule has 1 amide bonds. The number of likely N-dealkylation sites (tertiary alicyclic amines) is 1. The number of carbonyl (C=O) groups excluding carboxylic acids is 1. The molecule has 1 atom stereocenters. The number of H-pyrrole nitrogens is 1. The van der Waals surface area contributed by atoms with Crippen molar-refractivity contribution in [3.05, 3.63) is 35.5 Å². The summed E-state index contributed by atoms with van der Waals surface area (Å²) in [6, 6.07) is 6.55. The van der Waals surface area contributed by atoms with Crippen molar-refractivity contribution in [3.8, 4) is 0 Å². The summed E-state index contributed by atoms with van der Waals surface area (Å²) in [5, 5.41) is 1.34. The molecule has 1 N–H and O–H groups in total. The Balaban J connectivity index is 1.44. The fraction of sp³-hybridized carbons (Fsp3) is 0.550. The number of fused-ring (bicyclic) bond motifs is 1. The van der Waals surface area contributed by atoms with E-state index in [0.717, 1.165) is 32.4 Å². The quantitative estimate of drug-likeness (QED) is 0.933. The molecule has 5 heteroatoms. The molecule has 0 spiro atoms. The van der Waals surface area contributed by atoms with Crippen molar-refractivity contribution in [3.63, 3.8) is 0 Å². The van der Waals surface area contributed by atoms with Gasteiger partial charge in [-0.05, 0) is 36.3 Å². The van der Waals surface area contributed by atoms with E-state index in [1.165, 1.54) is 22.0 Å². The predicted molar refractivity (Wildman–Crippen MR) is 96.8 cm³/mol. The van der Waals surface area contributed by atoms with Crippen LogP contribution in [0.1, 0.15) is 36.8 Å². The van der Waals surface area contributed by atoms with E-state index in [4.69, 9.17) is 9.47 Å². The van der Waals surface area contributed by atoms with Crippen LogP contribution in [0.2, 0.25) is 0 Å². The molecule has 1 aromatic heterocycles.